The van der Waals surface area contributed by atoms with Crippen LogP contribution in [0.25, 0.3) is 82.9 Å². The lowest BCUT2D eigenvalue weighted by Crippen LogP contribution is -2.28. The standard InChI is InChI=1S/C48H35N3/c1-4-17-32(18-5-1)39-30-41(50-47(49-39)33-19-6-2-7-20-33)51-40-27-26-31-16-8-9-21-34(31)43(40)44-45-42(35-22-10-11-23-36(35)46(44)51)37-24-12-13-25-38(37)48(45)28-14-3-15-29-48/h1-2,4-13,16-27,30H,3,14-15,28-29H2. The van der Waals surface area contributed by atoms with E-state index in [0.29, 0.717) is 0 Å². The summed E-state index contributed by atoms with van der Waals surface area (Å²) in [5.74, 6) is 1.61. The van der Waals surface area contributed by atoms with Crippen LogP contribution in [0.1, 0.15) is 43.2 Å². The van der Waals surface area contributed by atoms with Gasteiger partial charge in [-0.3, -0.25) is 4.57 Å². The van der Waals surface area contributed by atoms with Gasteiger partial charge in [-0.2, -0.15) is 0 Å². The zero-order valence-corrected chi connectivity index (χ0v) is 28.3. The first kappa shape index (κ1) is 28.7. The van der Waals surface area contributed by atoms with Gasteiger partial charge in [0.05, 0.1) is 16.7 Å². The number of rotatable bonds is 3. The summed E-state index contributed by atoms with van der Waals surface area (Å²) < 4.78 is 2.47. The van der Waals surface area contributed by atoms with Gasteiger partial charge in [-0.05, 0) is 57.3 Å². The van der Waals surface area contributed by atoms with Gasteiger partial charge in [0.2, 0.25) is 0 Å². The fourth-order valence-corrected chi connectivity index (χ4v) is 9.67. The van der Waals surface area contributed by atoms with Crippen LogP contribution in [0.2, 0.25) is 0 Å². The van der Waals surface area contributed by atoms with Crippen LogP contribution in [-0.2, 0) is 5.41 Å². The Hall–Kier alpha value is -6.06. The average Bonchev–Trinajstić information content (AvgIpc) is 3.70. The molecule has 1 spiro atoms. The second-order valence-corrected chi connectivity index (χ2v) is 14.4. The van der Waals surface area contributed by atoms with Crippen molar-refractivity contribution in [1.82, 2.24) is 14.5 Å². The van der Waals surface area contributed by atoms with Crippen LogP contribution in [0.3, 0.4) is 0 Å². The Balaban J connectivity index is 1.37. The Morgan fingerprint density at radius 1 is 0.529 bits per heavy atom. The van der Waals surface area contributed by atoms with E-state index in [1.165, 1.54) is 97.7 Å². The Labute approximate surface area is 296 Å². The van der Waals surface area contributed by atoms with Gasteiger partial charge in [-0.25, -0.2) is 9.97 Å². The Morgan fingerprint density at radius 3 is 2.00 bits per heavy atom. The van der Waals surface area contributed by atoms with Gasteiger partial charge in [-0.15, -0.1) is 0 Å². The van der Waals surface area contributed by atoms with Crippen molar-refractivity contribution in [2.24, 2.45) is 0 Å². The number of hydrogen-bond donors (Lipinski definition) is 0. The number of hydrogen-bond acceptors (Lipinski definition) is 2. The molecule has 0 amide bonds. The summed E-state index contributed by atoms with van der Waals surface area (Å²) in [6.07, 6.45) is 6.13. The molecule has 0 bridgehead atoms. The lowest BCUT2D eigenvalue weighted by molar-refractivity contribution is 0.355. The SMILES string of the molecule is c1ccc(-c2cc(-n3c4ccc5ccccc5c4c4c5c(c6ccccc6c43)-c3ccccc3C53CCCCC3)nc(-c3ccccc3)n2)cc1. The quantitative estimate of drug-likeness (QED) is 0.190. The van der Waals surface area contributed by atoms with E-state index < -0.39 is 0 Å². The number of benzene rings is 7. The van der Waals surface area contributed by atoms with Gasteiger partial charge in [0.1, 0.15) is 5.82 Å². The van der Waals surface area contributed by atoms with E-state index in [2.05, 4.69) is 156 Å². The van der Waals surface area contributed by atoms with Gasteiger partial charge >= 0.3 is 0 Å². The summed E-state index contributed by atoms with van der Waals surface area (Å²) in [5, 5.41) is 7.84. The molecule has 1 fully saturated rings. The van der Waals surface area contributed by atoms with Crippen LogP contribution in [0.5, 0.6) is 0 Å². The van der Waals surface area contributed by atoms with E-state index in [1.54, 1.807) is 0 Å². The van der Waals surface area contributed by atoms with E-state index in [0.717, 1.165) is 28.5 Å². The van der Waals surface area contributed by atoms with Crippen molar-refractivity contribution < 1.29 is 0 Å². The normalized spacial score (nSPS) is 14.8. The molecule has 2 aliphatic rings. The van der Waals surface area contributed by atoms with Crippen molar-refractivity contribution in [3.05, 3.63) is 163 Å². The molecule has 0 radical (unpaired) electrons. The highest BCUT2D eigenvalue weighted by Crippen LogP contribution is 2.61. The minimum atomic E-state index is -0.0292. The van der Waals surface area contributed by atoms with Crippen LogP contribution < -0.4 is 0 Å². The molecule has 51 heavy (non-hydrogen) atoms. The first-order valence-corrected chi connectivity index (χ1v) is 18.3. The topological polar surface area (TPSA) is 30.7 Å². The number of nitrogens with zero attached hydrogens (tertiary/aromatic N) is 3. The molecule has 0 aliphatic heterocycles. The second-order valence-electron chi connectivity index (χ2n) is 14.4. The molecule has 242 valence electrons. The Morgan fingerprint density at radius 2 is 1.20 bits per heavy atom. The molecule has 0 saturated heterocycles. The van der Waals surface area contributed by atoms with Gasteiger partial charge in [0.15, 0.2) is 5.82 Å². The summed E-state index contributed by atoms with van der Waals surface area (Å²) >= 11 is 0. The maximum absolute atomic E-state index is 5.45. The molecule has 0 unspecified atom stereocenters. The van der Waals surface area contributed by atoms with Crippen molar-refractivity contribution in [2.45, 2.75) is 37.5 Å². The maximum atomic E-state index is 5.45. The third-order valence-electron chi connectivity index (χ3n) is 11.8. The molecule has 3 heteroatoms. The summed E-state index contributed by atoms with van der Waals surface area (Å²) in [6, 6.07) is 55.1. The maximum Gasteiger partial charge on any atom is 0.162 e. The van der Waals surface area contributed by atoms with Crippen LogP contribution in [0.15, 0.2) is 152 Å². The molecule has 9 aromatic rings. The van der Waals surface area contributed by atoms with Gasteiger partial charge < -0.3 is 0 Å². The second kappa shape index (κ2) is 11.0. The van der Waals surface area contributed by atoms with Gasteiger partial charge in [0.25, 0.3) is 0 Å². The van der Waals surface area contributed by atoms with Crippen LogP contribution in [0.4, 0.5) is 0 Å². The van der Waals surface area contributed by atoms with Crippen molar-refractivity contribution in [3.63, 3.8) is 0 Å². The molecule has 0 N–H and O–H groups in total. The predicted molar refractivity (Wildman–Crippen MR) is 212 cm³/mol. The van der Waals surface area contributed by atoms with Gasteiger partial charge in [-0.1, -0.05) is 159 Å². The Kier molecular flexibility index (Phi) is 6.18. The Bertz CT molecular complexity index is 2770. The average molecular weight is 654 g/mol. The van der Waals surface area contributed by atoms with Crippen LogP contribution in [0, 0.1) is 0 Å². The summed E-state index contributed by atoms with van der Waals surface area (Å²) in [5.41, 5.74) is 11.3. The number of aromatic nitrogens is 3. The first-order valence-electron chi connectivity index (χ1n) is 18.3. The molecular formula is C48H35N3. The van der Waals surface area contributed by atoms with E-state index in [4.69, 9.17) is 9.97 Å². The van der Waals surface area contributed by atoms with Crippen molar-refractivity contribution in [1.29, 1.82) is 0 Å². The van der Waals surface area contributed by atoms with Crippen LogP contribution >= 0.6 is 0 Å². The van der Waals surface area contributed by atoms with Crippen molar-refractivity contribution in [3.8, 4) is 39.6 Å². The summed E-state index contributed by atoms with van der Waals surface area (Å²) in [4.78, 5) is 10.6. The first-order chi connectivity index (χ1) is 25.3. The fraction of sp³-hybridized carbons (Fsp3) is 0.125. The molecule has 11 rings (SSSR count). The highest BCUT2D eigenvalue weighted by atomic mass is 15.1. The molecule has 0 atom stereocenters. The molecular weight excluding hydrogens is 619 g/mol. The van der Waals surface area contributed by atoms with Crippen molar-refractivity contribution in [2.75, 3.05) is 0 Å². The lowest BCUT2D eigenvalue weighted by atomic mass is 9.66. The van der Waals surface area contributed by atoms with Crippen LogP contribution in [-0.4, -0.2) is 14.5 Å². The minimum Gasteiger partial charge on any atom is -0.293 e. The third-order valence-corrected chi connectivity index (χ3v) is 11.8. The van der Waals surface area contributed by atoms with Crippen molar-refractivity contribution >= 4 is 43.4 Å². The molecule has 3 nitrogen and oxygen atoms in total. The molecule has 2 heterocycles. The monoisotopic (exact) mass is 653 g/mol. The largest absolute Gasteiger partial charge is 0.293 e. The predicted octanol–water partition coefficient (Wildman–Crippen LogP) is 12.4. The third kappa shape index (κ3) is 4.06. The molecule has 2 aliphatic carbocycles. The fourth-order valence-electron chi connectivity index (χ4n) is 9.67. The zero-order chi connectivity index (χ0) is 33.5. The molecule has 7 aromatic carbocycles. The van der Waals surface area contributed by atoms with E-state index >= 15 is 0 Å². The lowest BCUT2D eigenvalue weighted by Gasteiger charge is -2.36. The van der Waals surface area contributed by atoms with E-state index in [1.807, 2.05) is 0 Å². The number of fused-ring (bicyclic) bond motifs is 14. The highest BCUT2D eigenvalue weighted by molar-refractivity contribution is 6.30. The highest BCUT2D eigenvalue weighted by Gasteiger charge is 2.46. The zero-order valence-electron chi connectivity index (χ0n) is 28.3. The minimum absolute atomic E-state index is 0.0292. The summed E-state index contributed by atoms with van der Waals surface area (Å²) in [6.45, 7) is 0. The smallest absolute Gasteiger partial charge is 0.162 e. The van der Waals surface area contributed by atoms with E-state index in [-0.39, 0.29) is 5.41 Å². The van der Waals surface area contributed by atoms with Gasteiger partial charge in [0, 0.05) is 38.8 Å². The molecule has 1 saturated carbocycles. The van der Waals surface area contributed by atoms with E-state index in [9.17, 15) is 0 Å². The summed E-state index contributed by atoms with van der Waals surface area (Å²) in [7, 11) is 0. The molecule has 2 aromatic heterocycles.